The predicted octanol–water partition coefficient (Wildman–Crippen LogP) is 2.13. The van der Waals surface area contributed by atoms with Gasteiger partial charge in [-0.2, -0.15) is 5.10 Å². The minimum Gasteiger partial charge on any atom is -0.355 e. The van der Waals surface area contributed by atoms with Gasteiger partial charge in [0.05, 0.1) is 22.8 Å². The van der Waals surface area contributed by atoms with Crippen molar-refractivity contribution in [3.8, 4) is 0 Å². The van der Waals surface area contributed by atoms with E-state index in [1.807, 2.05) is 28.5 Å². The molecule has 0 spiro atoms. The van der Waals surface area contributed by atoms with E-state index in [9.17, 15) is 9.59 Å². The maximum absolute atomic E-state index is 12.8. The lowest BCUT2D eigenvalue weighted by Gasteiger charge is -2.24. The summed E-state index contributed by atoms with van der Waals surface area (Å²) in [5, 5.41) is 8.85. The summed E-state index contributed by atoms with van der Waals surface area (Å²) in [6, 6.07) is 5.54. The molecule has 0 radical (unpaired) electrons. The highest BCUT2D eigenvalue weighted by Crippen LogP contribution is 2.33. The number of carbonyl (C=O) groups excluding carboxylic acids is 2. The number of aromatic nitrogens is 3. The van der Waals surface area contributed by atoms with Gasteiger partial charge in [-0.1, -0.05) is 6.07 Å². The molecule has 7 nitrogen and oxygen atoms in total. The molecule has 3 aromatic rings. The summed E-state index contributed by atoms with van der Waals surface area (Å²) in [5.41, 5.74) is 1.81. The van der Waals surface area contributed by atoms with Crippen LogP contribution in [0.15, 0.2) is 36.0 Å². The Morgan fingerprint density at radius 1 is 1.36 bits per heavy atom. The van der Waals surface area contributed by atoms with Gasteiger partial charge in [0, 0.05) is 19.8 Å². The van der Waals surface area contributed by atoms with Crippen LogP contribution in [0.2, 0.25) is 0 Å². The van der Waals surface area contributed by atoms with Gasteiger partial charge in [0.25, 0.3) is 11.8 Å². The zero-order valence-electron chi connectivity index (χ0n) is 13.7. The Hall–Kier alpha value is -2.74. The molecule has 1 aliphatic rings. The van der Waals surface area contributed by atoms with Crippen molar-refractivity contribution >= 4 is 28.8 Å². The third kappa shape index (κ3) is 2.58. The monoisotopic (exact) mass is 355 g/mol. The number of carbonyl (C=O) groups is 2. The van der Waals surface area contributed by atoms with Crippen LogP contribution in [-0.4, -0.2) is 44.9 Å². The molecule has 0 aromatic carbocycles. The number of likely N-dealkylation sites (tertiary alicyclic amines) is 1. The van der Waals surface area contributed by atoms with Crippen LogP contribution < -0.4 is 5.32 Å². The third-order valence-electron chi connectivity index (χ3n) is 4.49. The SMILES string of the molecule is CNC(=O)c1cnn2c(C3CCCN3C(=O)c3cccs3)ccnc12. The molecule has 128 valence electrons. The Balaban J connectivity index is 1.75. The van der Waals surface area contributed by atoms with E-state index < -0.39 is 0 Å². The maximum Gasteiger partial charge on any atom is 0.264 e. The molecule has 3 aromatic heterocycles. The zero-order valence-corrected chi connectivity index (χ0v) is 14.5. The highest BCUT2D eigenvalue weighted by Gasteiger charge is 2.33. The Bertz CT molecular complexity index is 934. The molecule has 1 N–H and O–H groups in total. The lowest BCUT2D eigenvalue weighted by atomic mass is 10.1. The molecular formula is C17H17N5O2S. The minimum atomic E-state index is -0.224. The van der Waals surface area contributed by atoms with E-state index in [2.05, 4.69) is 15.4 Å². The lowest BCUT2D eigenvalue weighted by molar-refractivity contribution is 0.0736. The Morgan fingerprint density at radius 2 is 2.24 bits per heavy atom. The van der Waals surface area contributed by atoms with E-state index in [0.717, 1.165) is 30.0 Å². The first-order valence-electron chi connectivity index (χ1n) is 8.10. The third-order valence-corrected chi connectivity index (χ3v) is 5.35. The highest BCUT2D eigenvalue weighted by molar-refractivity contribution is 7.12. The van der Waals surface area contributed by atoms with Gasteiger partial charge >= 0.3 is 0 Å². The summed E-state index contributed by atoms with van der Waals surface area (Å²) in [6.45, 7) is 0.717. The van der Waals surface area contributed by atoms with Crippen molar-refractivity contribution in [3.63, 3.8) is 0 Å². The smallest absolute Gasteiger partial charge is 0.264 e. The van der Waals surface area contributed by atoms with E-state index in [0.29, 0.717) is 11.2 Å². The van der Waals surface area contributed by atoms with Crippen molar-refractivity contribution in [2.75, 3.05) is 13.6 Å². The molecule has 1 saturated heterocycles. The Morgan fingerprint density at radius 3 is 3.00 bits per heavy atom. The standard InChI is InChI=1S/C17H17N5O2S/c1-18-16(23)11-10-20-22-13(6-7-19-15(11)22)12-4-2-8-21(12)17(24)14-5-3-9-25-14/h3,5-7,9-10,12H,2,4,8H2,1H3,(H,18,23). The van der Waals surface area contributed by atoms with E-state index in [1.54, 1.807) is 17.8 Å². The van der Waals surface area contributed by atoms with Gasteiger partial charge in [-0.15, -0.1) is 11.3 Å². The molecule has 0 saturated carbocycles. The number of hydrogen-bond donors (Lipinski definition) is 1. The number of hydrogen-bond acceptors (Lipinski definition) is 5. The number of thiophene rings is 1. The largest absolute Gasteiger partial charge is 0.355 e. The lowest BCUT2D eigenvalue weighted by Crippen LogP contribution is -2.31. The van der Waals surface area contributed by atoms with Gasteiger partial charge in [-0.3, -0.25) is 9.59 Å². The fraction of sp³-hybridized carbons (Fsp3) is 0.294. The van der Waals surface area contributed by atoms with E-state index in [-0.39, 0.29) is 17.9 Å². The van der Waals surface area contributed by atoms with Crippen molar-refractivity contribution < 1.29 is 9.59 Å². The van der Waals surface area contributed by atoms with Crippen LogP contribution in [0.25, 0.3) is 5.65 Å². The van der Waals surface area contributed by atoms with Crippen LogP contribution in [0.3, 0.4) is 0 Å². The molecule has 0 bridgehead atoms. The van der Waals surface area contributed by atoms with Gasteiger partial charge in [-0.05, 0) is 30.4 Å². The van der Waals surface area contributed by atoms with E-state index >= 15 is 0 Å². The molecule has 1 aliphatic heterocycles. The van der Waals surface area contributed by atoms with Gasteiger partial charge in [0.2, 0.25) is 0 Å². The second-order valence-electron chi connectivity index (χ2n) is 5.88. The molecule has 1 atom stereocenters. The molecule has 8 heteroatoms. The number of fused-ring (bicyclic) bond motifs is 1. The molecule has 4 rings (SSSR count). The number of nitrogens with one attached hydrogen (secondary N) is 1. The van der Waals surface area contributed by atoms with Crippen LogP contribution in [0.5, 0.6) is 0 Å². The van der Waals surface area contributed by atoms with Crippen molar-refractivity contribution in [2.24, 2.45) is 0 Å². The molecule has 2 amide bonds. The highest BCUT2D eigenvalue weighted by atomic mass is 32.1. The molecule has 4 heterocycles. The average molecular weight is 355 g/mol. The summed E-state index contributed by atoms with van der Waals surface area (Å²) < 4.78 is 1.68. The van der Waals surface area contributed by atoms with Crippen LogP contribution in [0, 0.1) is 0 Å². The van der Waals surface area contributed by atoms with Crippen LogP contribution >= 0.6 is 11.3 Å². The summed E-state index contributed by atoms with van der Waals surface area (Å²) in [7, 11) is 1.58. The van der Waals surface area contributed by atoms with E-state index in [4.69, 9.17) is 0 Å². The number of nitrogens with zero attached hydrogens (tertiary/aromatic N) is 4. The summed E-state index contributed by atoms with van der Waals surface area (Å²) in [5.74, 6) is -0.182. The first-order chi connectivity index (χ1) is 12.2. The Kier molecular flexibility index (Phi) is 3.96. The molecule has 1 unspecified atom stereocenters. The molecule has 1 fully saturated rings. The minimum absolute atomic E-state index is 0.0427. The van der Waals surface area contributed by atoms with Gasteiger partial charge < -0.3 is 10.2 Å². The topological polar surface area (TPSA) is 79.6 Å². The average Bonchev–Trinajstić information content (AvgIpc) is 3.39. The molecular weight excluding hydrogens is 338 g/mol. The van der Waals surface area contributed by atoms with Crippen molar-refractivity contribution in [1.82, 2.24) is 24.8 Å². The second-order valence-corrected chi connectivity index (χ2v) is 6.82. The van der Waals surface area contributed by atoms with E-state index in [1.165, 1.54) is 17.5 Å². The van der Waals surface area contributed by atoms with Crippen LogP contribution in [-0.2, 0) is 0 Å². The molecule has 0 aliphatic carbocycles. The first-order valence-corrected chi connectivity index (χ1v) is 8.98. The fourth-order valence-corrected chi connectivity index (χ4v) is 4.00. The van der Waals surface area contributed by atoms with Crippen LogP contribution in [0.4, 0.5) is 0 Å². The first kappa shape index (κ1) is 15.8. The number of amides is 2. The Labute approximate surface area is 148 Å². The molecule has 25 heavy (non-hydrogen) atoms. The van der Waals surface area contributed by atoms with Crippen LogP contribution in [0.1, 0.15) is 44.6 Å². The van der Waals surface area contributed by atoms with Crippen molar-refractivity contribution in [1.29, 1.82) is 0 Å². The summed E-state index contributed by atoms with van der Waals surface area (Å²) >= 11 is 1.45. The van der Waals surface area contributed by atoms with Gasteiger partial charge in [0.15, 0.2) is 5.65 Å². The zero-order chi connectivity index (χ0) is 17.4. The summed E-state index contributed by atoms with van der Waals surface area (Å²) in [6.07, 6.45) is 5.00. The van der Waals surface area contributed by atoms with Gasteiger partial charge in [-0.25, -0.2) is 9.50 Å². The normalized spacial score (nSPS) is 17.2. The van der Waals surface area contributed by atoms with Gasteiger partial charge in [0.1, 0.15) is 5.56 Å². The quantitative estimate of drug-likeness (QED) is 0.780. The maximum atomic E-state index is 12.8. The number of rotatable bonds is 3. The van der Waals surface area contributed by atoms with Crippen molar-refractivity contribution in [2.45, 2.75) is 18.9 Å². The fourth-order valence-electron chi connectivity index (χ4n) is 3.32. The predicted molar refractivity (Wildman–Crippen MR) is 93.7 cm³/mol. The summed E-state index contributed by atoms with van der Waals surface area (Å²) in [4.78, 5) is 31.7. The van der Waals surface area contributed by atoms with Crippen molar-refractivity contribution in [3.05, 3.63) is 52.1 Å². The second kappa shape index (κ2) is 6.29.